The van der Waals surface area contributed by atoms with Crippen LogP contribution in [0.2, 0.25) is 0 Å². The average Bonchev–Trinajstić information content (AvgIpc) is 1.78. The smallest absolute Gasteiger partial charge is 0.0201 e. The fraction of sp³-hybridized carbons (Fsp3) is 1.00. The largest absolute Gasteiger partial charge is 0.325 e. The normalized spacial score (nSPS) is 28.3. The molecule has 0 amide bonds. The minimum absolute atomic E-state index is 0.113. The van der Waals surface area contributed by atoms with Crippen molar-refractivity contribution in [2.75, 3.05) is 13.1 Å². The molecule has 0 spiro atoms. The van der Waals surface area contributed by atoms with E-state index in [0.29, 0.717) is 0 Å². The van der Waals surface area contributed by atoms with Crippen molar-refractivity contribution in [1.29, 1.82) is 0 Å². The van der Waals surface area contributed by atoms with Crippen molar-refractivity contribution in [3.05, 3.63) is 0 Å². The molecule has 0 bridgehead atoms. The number of nitrogens with zero attached hydrogens (tertiary/aromatic N) is 1. The first-order valence-corrected chi connectivity index (χ1v) is 4.26. The third-order valence-electron chi connectivity index (χ3n) is 1.85. The molecule has 0 aromatic rings. The maximum Gasteiger partial charge on any atom is 0.0201 e. The molecule has 2 N–H and O–H groups in total. The van der Waals surface area contributed by atoms with Gasteiger partial charge in [-0.2, -0.15) is 0 Å². The van der Waals surface area contributed by atoms with Crippen LogP contribution in [0.5, 0.6) is 0 Å². The van der Waals surface area contributed by atoms with E-state index in [2.05, 4.69) is 32.9 Å². The van der Waals surface area contributed by atoms with E-state index in [4.69, 9.17) is 5.73 Å². The summed E-state index contributed by atoms with van der Waals surface area (Å²) in [4.78, 5) is 0. The lowest BCUT2D eigenvalue weighted by molar-refractivity contribution is 0.281. The summed E-state index contributed by atoms with van der Waals surface area (Å²) in [5.41, 5.74) is 6.02. The van der Waals surface area contributed by atoms with Crippen LogP contribution in [0.3, 0.4) is 0 Å². The van der Waals surface area contributed by atoms with Crippen molar-refractivity contribution in [2.45, 2.75) is 25.3 Å². The lowest BCUT2D eigenvalue weighted by Crippen LogP contribution is -2.45. The first kappa shape index (κ1) is 7.75. The van der Waals surface area contributed by atoms with Gasteiger partial charge in [-0.25, -0.2) is 3.11 Å². The molecule has 3 heteroatoms. The molecule has 1 heterocycles. The molecule has 0 unspecified atom stereocenters. The monoisotopic (exact) mass is 240 g/mol. The number of hydrogen-bond acceptors (Lipinski definition) is 2. The van der Waals surface area contributed by atoms with Crippen LogP contribution in [-0.4, -0.2) is 21.7 Å². The molecule has 0 aromatic carbocycles. The molecule has 1 rings (SSSR count). The molecular weight excluding hydrogens is 227 g/mol. The van der Waals surface area contributed by atoms with Crippen molar-refractivity contribution in [2.24, 2.45) is 5.73 Å². The zero-order valence-electron chi connectivity index (χ0n) is 5.73. The van der Waals surface area contributed by atoms with Crippen LogP contribution in [0.1, 0.15) is 19.8 Å². The Morgan fingerprint density at radius 1 is 1.44 bits per heavy atom. The molecule has 1 aliphatic heterocycles. The van der Waals surface area contributed by atoms with Gasteiger partial charge in [0.1, 0.15) is 0 Å². The predicted octanol–water partition coefficient (Wildman–Crippen LogP) is 1.15. The maximum atomic E-state index is 5.91. The van der Waals surface area contributed by atoms with Crippen LogP contribution >= 0.6 is 22.9 Å². The van der Waals surface area contributed by atoms with Crippen molar-refractivity contribution < 1.29 is 0 Å². The van der Waals surface area contributed by atoms with E-state index < -0.39 is 0 Å². The van der Waals surface area contributed by atoms with E-state index in [1.54, 1.807) is 0 Å². The Bertz CT molecular complexity index is 93.2. The average molecular weight is 240 g/mol. The Hall–Kier alpha value is 0.650. The Labute approximate surface area is 70.3 Å². The highest BCUT2D eigenvalue weighted by molar-refractivity contribution is 14.1. The summed E-state index contributed by atoms with van der Waals surface area (Å²) in [7, 11) is 0. The zero-order chi connectivity index (χ0) is 6.91. The molecule has 1 aliphatic rings. The molecule has 0 atom stereocenters. The molecule has 2 nitrogen and oxygen atoms in total. The third kappa shape index (κ3) is 2.39. The van der Waals surface area contributed by atoms with Gasteiger partial charge in [0.05, 0.1) is 0 Å². The number of rotatable bonds is 0. The van der Waals surface area contributed by atoms with Gasteiger partial charge < -0.3 is 5.73 Å². The lowest BCUT2D eigenvalue weighted by atomic mass is 9.92. The number of nitrogens with two attached hydrogens (primary N) is 1. The quantitative estimate of drug-likeness (QED) is 0.508. The van der Waals surface area contributed by atoms with E-state index in [9.17, 15) is 0 Å². The fourth-order valence-electron chi connectivity index (χ4n) is 0.990. The Balaban J connectivity index is 2.35. The molecule has 1 saturated heterocycles. The minimum atomic E-state index is 0.113. The van der Waals surface area contributed by atoms with Gasteiger partial charge in [0.2, 0.25) is 0 Å². The van der Waals surface area contributed by atoms with Crippen molar-refractivity contribution >= 4 is 22.9 Å². The molecule has 0 aromatic heterocycles. The molecule has 54 valence electrons. The zero-order valence-corrected chi connectivity index (χ0v) is 7.89. The molecule has 0 aliphatic carbocycles. The molecule has 9 heavy (non-hydrogen) atoms. The number of piperidine rings is 1. The van der Waals surface area contributed by atoms with Crippen LogP contribution in [0, 0.1) is 0 Å². The van der Waals surface area contributed by atoms with Crippen LogP contribution in [0.15, 0.2) is 0 Å². The summed E-state index contributed by atoms with van der Waals surface area (Å²) in [5, 5.41) is 0. The standard InChI is InChI=1S/C6H13IN2/c1-6(8)2-4-9(7)5-3-6/h2-5,8H2,1H3. The van der Waals surface area contributed by atoms with Gasteiger partial charge in [0, 0.05) is 41.5 Å². The molecule has 1 fully saturated rings. The Morgan fingerprint density at radius 2 is 1.89 bits per heavy atom. The van der Waals surface area contributed by atoms with Crippen molar-refractivity contribution in [3.8, 4) is 0 Å². The van der Waals surface area contributed by atoms with Gasteiger partial charge in [-0.15, -0.1) is 0 Å². The van der Waals surface area contributed by atoms with E-state index in [1.807, 2.05) is 0 Å². The minimum Gasteiger partial charge on any atom is -0.325 e. The van der Waals surface area contributed by atoms with Crippen LogP contribution in [0.25, 0.3) is 0 Å². The molecule has 0 radical (unpaired) electrons. The van der Waals surface area contributed by atoms with Crippen molar-refractivity contribution in [3.63, 3.8) is 0 Å². The summed E-state index contributed by atoms with van der Waals surface area (Å²) < 4.78 is 2.30. The first-order valence-electron chi connectivity index (χ1n) is 3.30. The van der Waals surface area contributed by atoms with Gasteiger partial charge in [0.25, 0.3) is 0 Å². The van der Waals surface area contributed by atoms with Gasteiger partial charge in [-0.3, -0.25) is 0 Å². The second-order valence-corrected chi connectivity index (χ2v) is 4.43. The molecule has 0 saturated carbocycles. The van der Waals surface area contributed by atoms with Gasteiger partial charge in [0.15, 0.2) is 0 Å². The summed E-state index contributed by atoms with van der Waals surface area (Å²) in [6, 6.07) is 0. The maximum absolute atomic E-state index is 5.91. The summed E-state index contributed by atoms with van der Waals surface area (Å²) in [5.74, 6) is 0. The van der Waals surface area contributed by atoms with E-state index in [0.717, 1.165) is 25.9 Å². The SMILES string of the molecule is CC1(N)CCN(I)CC1. The summed E-state index contributed by atoms with van der Waals surface area (Å²) >= 11 is 2.35. The number of hydrogen-bond donors (Lipinski definition) is 1. The second-order valence-electron chi connectivity index (χ2n) is 3.06. The van der Waals surface area contributed by atoms with E-state index in [1.165, 1.54) is 0 Å². The summed E-state index contributed by atoms with van der Waals surface area (Å²) in [6.45, 7) is 4.43. The predicted molar refractivity (Wildman–Crippen MR) is 47.4 cm³/mol. The highest BCUT2D eigenvalue weighted by atomic mass is 127. The number of halogens is 1. The third-order valence-corrected chi connectivity index (χ3v) is 2.82. The van der Waals surface area contributed by atoms with E-state index >= 15 is 0 Å². The van der Waals surface area contributed by atoms with Crippen molar-refractivity contribution in [1.82, 2.24) is 3.11 Å². The molecular formula is C6H13IN2. The van der Waals surface area contributed by atoms with Gasteiger partial charge in [-0.1, -0.05) is 0 Å². The Morgan fingerprint density at radius 3 is 2.22 bits per heavy atom. The summed E-state index contributed by atoms with van der Waals surface area (Å²) in [6.07, 6.45) is 2.27. The van der Waals surface area contributed by atoms with Gasteiger partial charge >= 0.3 is 0 Å². The highest BCUT2D eigenvalue weighted by Gasteiger charge is 2.24. The second kappa shape index (κ2) is 2.72. The van der Waals surface area contributed by atoms with Crippen LogP contribution in [0.4, 0.5) is 0 Å². The van der Waals surface area contributed by atoms with Crippen LogP contribution < -0.4 is 5.73 Å². The lowest BCUT2D eigenvalue weighted by Gasteiger charge is -2.33. The Kier molecular flexibility index (Phi) is 2.34. The van der Waals surface area contributed by atoms with Gasteiger partial charge in [-0.05, 0) is 19.8 Å². The highest BCUT2D eigenvalue weighted by Crippen LogP contribution is 2.20. The topological polar surface area (TPSA) is 29.3 Å². The van der Waals surface area contributed by atoms with E-state index in [-0.39, 0.29) is 5.54 Å². The van der Waals surface area contributed by atoms with Crippen LogP contribution in [-0.2, 0) is 0 Å². The fourth-order valence-corrected chi connectivity index (χ4v) is 1.47. The first-order chi connectivity index (χ1) is 4.10.